The Balaban J connectivity index is 2.39. The number of fused-ring (bicyclic) bond motifs is 1. The van der Waals surface area contributed by atoms with Crippen LogP contribution in [0.5, 0.6) is 5.75 Å². The largest absolute Gasteiger partial charge is 0.508 e. The third-order valence-corrected chi connectivity index (χ3v) is 5.10. The van der Waals surface area contributed by atoms with Crippen molar-refractivity contribution in [1.29, 1.82) is 0 Å². The summed E-state index contributed by atoms with van der Waals surface area (Å²) in [7, 11) is 0. The van der Waals surface area contributed by atoms with Crippen molar-refractivity contribution < 1.29 is 5.11 Å². The van der Waals surface area contributed by atoms with Gasteiger partial charge in [-0.15, -0.1) is 6.58 Å². The first kappa shape index (κ1) is 15.1. The molecule has 1 aromatic rings. The molecular formula is C18H27NO. The van der Waals surface area contributed by atoms with Crippen LogP contribution in [-0.4, -0.2) is 17.7 Å². The van der Waals surface area contributed by atoms with Crippen molar-refractivity contribution in [1.82, 2.24) is 5.32 Å². The number of phenols is 1. The second kappa shape index (κ2) is 6.01. The van der Waals surface area contributed by atoms with Crippen LogP contribution in [0.3, 0.4) is 0 Å². The van der Waals surface area contributed by atoms with E-state index in [9.17, 15) is 5.11 Å². The first-order valence-corrected chi connectivity index (χ1v) is 7.68. The van der Waals surface area contributed by atoms with E-state index in [0.29, 0.717) is 17.7 Å². The van der Waals surface area contributed by atoms with Crippen molar-refractivity contribution in [3.63, 3.8) is 0 Å². The summed E-state index contributed by atoms with van der Waals surface area (Å²) in [5.74, 6) is 0.979. The molecule has 2 rings (SSSR count). The van der Waals surface area contributed by atoms with Gasteiger partial charge in [0.2, 0.25) is 0 Å². The van der Waals surface area contributed by atoms with E-state index in [1.165, 1.54) is 11.1 Å². The summed E-state index contributed by atoms with van der Waals surface area (Å²) in [6.07, 6.45) is 5.23. The van der Waals surface area contributed by atoms with Crippen molar-refractivity contribution in [2.24, 2.45) is 5.92 Å². The summed E-state index contributed by atoms with van der Waals surface area (Å²) in [5.41, 5.74) is 2.84. The van der Waals surface area contributed by atoms with Gasteiger partial charge >= 0.3 is 0 Å². The van der Waals surface area contributed by atoms with E-state index in [2.05, 4.69) is 38.7 Å². The van der Waals surface area contributed by atoms with E-state index in [1.54, 1.807) is 0 Å². The SMILES string of the molecule is C=CCNC1Cc2ccc(O)cc2C(C)([C@@H](C)CC)C1. The predicted molar refractivity (Wildman–Crippen MR) is 85.2 cm³/mol. The quantitative estimate of drug-likeness (QED) is 0.800. The maximum absolute atomic E-state index is 9.85. The van der Waals surface area contributed by atoms with E-state index in [1.807, 2.05) is 18.2 Å². The van der Waals surface area contributed by atoms with Gasteiger partial charge in [-0.2, -0.15) is 0 Å². The molecule has 0 heterocycles. The number of nitrogens with one attached hydrogen (secondary N) is 1. The normalized spacial score (nSPS) is 26.9. The Morgan fingerprint density at radius 1 is 1.55 bits per heavy atom. The molecular weight excluding hydrogens is 246 g/mol. The number of hydrogen-bond donors (Lipinski definition) is 2. The van der Waals surface area contributed by atoms with Crippen LogP contribution in [0.2, 0.25) is 0 Å². The molecule has 0 spiro atoms. The smallest absolute Gasteiger partial charge is 0.115 e. The fourth-order valence-corrected chi connectivity index (χ4v) is 3.55. The molecule has 1 aliphatic carbocycles. The third-order valence-electron chi connectivity index (χ3n) is 5.10. The van der Waals surface area contributed by atoms with E-state index in [4.69, 9.17) is 0 Å². The molecule has 0 bridgehead atoms. The molecule has 0 radical (unpaired) electrons. The molecule has 2 nitrogen and oxygen atoms in total. The molecule has 0 amide bonds. The zero-order chi connectivity index (χ0) is 14.8. The Labute approximate surface area is 122 Å². The minimum absolute atomic E-state index is 0.125. The van der Waals surface area contributed by atoms with Crippen LogP contribution in [0.15, 0.2) is 30.9 Å². The molecule has 1 aliphatic rings. The van der Waals surface area contributed by atoms with Gasteiger partial charge < -0.3 is 10.4 Å². The highest BCUT2D eigenvalue weighted by atomic mass is 16.3. The predicted octanol–water partition coefficient (Wildman–Crippen LogP) is 3.79. The number of phenolic OH excluding ortho intramolecular Hbond substituents is 1. The molecule has 110 valence electrons. The summed E-state index contributed by atoms with van der Waals surface area (Å²) in [6.45, 7) is 11.6. The molecule has 0 saturated heterocycles. The minimum atomic E-state index is 0.125. The van der Waals surface area contributed by atoms with Gasteiger partial charge in [0, 0.05) is 12.6 Å². The lowest BCUT2D eigenvalue weighted by molar-refractivity contribution is 0.233. The van der Waals surface area contributed by atoms with Crippen LogP contribution in [0, 0.1) is 5.92 Å². The lowest BCUT2D eigenvalue weighted by Crippen LogP contribution is -2.45. The van der Waals surface area contributed by atoms with Crippen LogP contribution in [-0.2, 0) is 11.8 Å². The molecule has 2 N–H and O–H groups in total. The van der Waals surface area contributed by atoms with Crippen LogP contribution in [0.25, 0.3) is 0 Å². The number of hydrogen-bond acceptors (Lipinski definition) is 2. The highest BCUT2D eigenvalue weighted by Gasteiger charge is 2.39. The van der Waals surface area contributed by atoms with Crippen molar-refractivity contribution in [2.45, 2.75) is 51.5 Å². The molecule has 20 heavy (non-hydrogen) atoms. The number of benzene rings is 1. The minimum Gasteiger partial charge on any atom is -0.508 e. The van der Waals surface area contributed by atoms with Gasteiger partial charge in [0.25, 0.3) is 0 Å². The second-order valence-electron chi connectivity index (χ2n) is 6.37. The van der Waals surface area contributed by atoms with Gasteiger partial charge in [0.1, 0.15) is 5.75 Å². The van der Waals surface area contributed by atoms with E-state index in [0.717, 1.165) is 25.8 Å². The monoisotopic (exact) mass is 273 g/mol. The molecule has 0 fully saturated rings. The van der Waals surface area contributed by atoms with Crippen molar-refractivity contribution >= 4 is 0 Å². The standard InChI is InChI=1S/C18H27NO/c1-5-9-19-15-10-14-7-8-16(20)11-17(14)18(4,12-15)13(3)6-2/h5,7-8,11,13,15,19-20H,1,6,9-10,12H2,2-4H3/t13-,15?,18?/m0/s1. The molecule has 3 atom stereocenters. The third kappa shape index (κ3) is 2.76. The first-order chi connectivity index (χ1) is 9.51. The van der Waals surface area contributed by atoms with Crippen molar-refractivity contribution in [2.75, 3.05) is 6.54 Å². The lowest BCUT2D eigenvalue weighted by atomic mass is 9.62. The Bertz CT molecular complexity index is 482. The summed E-state index contributed by atoms with van der Waals surface area (Å²) in [4.78, 5) is 0. The van der Waals surface area contributed by atoms with Crippen molar-refractivity contribution in [3.05, 3.63) is 42.0 Å². The Morgan fingerprint density at radius 2 is 2.30 bits per heavy atom. The van der Waals surface area contributed by atoms with Crippen molar-refractivity contribution in [3.8, 4) is 5.75 Å². The average Bonchev–Trinajstić information content (AvgIpc) is 2.45. The average molecular weight is 273 g/mol. The van der Waals surface area contributed by atoms with Crippen LogP contribution in [0.1, 0.15) is 44.7 Å². The Hall–Kier alpha value is -1.28. The highest BCUT2D eigenvalue weighted by molar-refractivity contribution is 5.43. The second-order valence-corrected chi connectivity index (χ2v) is 6.37. The molecule has 0 aliphatic heterocycles. The van der Waals surface area contributed by atoms with E-state index >= 15 is 0 Å². The number of aromatic hydroxyl groups is 1. The summed E-state index contributed by atoms with van der Waals surface area (Å²) >= 11 is 0. The van der Waals surface area contributed by atoms with Crippen LogP contribution < -0.4 is 5.32 Å². The van der Waals surface area contributed by atoms with Crippen LogP contribution in [0.4, 0.5) is 0 Å². The summed E-state index contributed by atoms with van der Waals surface area (Å²) in [5, 5.41) is 13.4. The maximum atomic E-state index is 9.85. The molecule has 1 aromatic carbocycles. The molecule has 2 heteroatoms. The lowest BCUT2D eigenvalue weighted by Gasteiger charge is -2.44. The first-order valence-electron chi connectivity index (χ1n) is 7.68. The molecule has 0 aromatic heterocycles. The zero-order valence-corrected chi connectivity index (χ0v) is 12.9. The van der Waals surface area contributed by atoms with Gasteiger partial charge in [-0.05, 0) is 47.4 Å². The molecule has 2 unspecified atom stereocenters. The Morgan fingerprint density at radius 3 is 2.95 bits per heavy atom. The van der Waals surface area contributed by atoms with Gasteiger partial charge in [-0.1, -0.05) is 39.3 Å². The summed E-state index contributed by atoms with van der Waals surface area (Å²) in [6, 6.07) is 6.37. The summed E-state index contributed by atoms with van der Waals surface area (Å²) < 4.78 is 0. The fraction of sp³-hybridized carbons (Fsp3) is 0.556. The van der Waals surface area contributed by atoms with Gasteiger partial charge in [0.15, 0.2) is 0 Å². The van der Waals surface area contributed by atoms with Gasteiger partial charge in [0.05, 0.1) is 0 Å². The number of rotatable bonds is 5. The van der Waals surface area contributed by atoms with E-state index in [-0.39, 0.29) is 5.41 Å². The van der Waals surface area contributed by atoms with E-state index < -0.39 is 0 Å². The van der Waals surface area contributed by atoms with Gasteiger partial charge in [-0.3, -0.25) is 0 Å². The topological polar surface area (TPSA) is 32.3 Å². The maximum Gasteiger partial charge on any atom is 0.115 e. The van der Waals surface area contributed by atoms with Gasteiger partial charge in [-0.25, -0.2) is 0 Å². The van der Waals surface area contributed by atoms with Crippen LogP contribution >= 0.6 is 0 Å². The Kier molecular flexibility index (Phi) is 4.54. The zero-order valence-electron chi connectivity index (χ0n) is 12.9. The molecule has 0 saturated carbocycles. The fourth-order valence-electron chi connectivity index (χ4n) is 3.55. The highest BCUT2D eigenvalue weighted by Crippen LogP contribution is 2.44.